The van der Waals surface area contributed by atoms with Crippen LogP contribution in [0, 0.1) is 0 Å². The van der Waals surface area contributed by atoms with Gasteiger partial charge in [0.2, 0.25) is 5.24 Å². The minimum absolute atomic E-state index is 0. The fourth-order valence-corrected chi connectivity index (χ4v) is 0. The fraction of sp³-hybridized carbons (Fsp3) is 0.750. The Balaban J connectivity index is -0.0000000480. The third-order valence-electron chi connectivity index (χ3n) is 0. The van der Waals surface area contributed by atoms with Crippen molar-refractivity contribution < 1.29 is 4.79 Å². The molecule has 1 nitrogen and oxygen atoms in total. The molecule has 46 valence electrons. The van der Waals surface area contributed by atoms with Crippen molar-refractivity contribution in [3.05, 3.63) is 0 Å². The highest BCUT2D eigenvalue weighted by Crippen LogP contribution is 1.67. The summed E-state index contributed by atoms with van der Waals surface area (Å²) in [6, 6.07) is 0. The topological polar surface area (TPSA) is 17.1 Å². The van der Waals surface area contributed by atoms with Gasteiger partial charge < -0.3 is 0 Å². The lowest BCUT2D eigenvalue weighted by molar-refractivity contribution is -0.109. The molecule has 0 heterocycles. The van der Waals surface area contributed by atoms with Crippen LogP contribution in [0.3, 0.4) is 0 Å². The molecule has 0 saturated heterocycles. The predicted octanol–water partition coefficient (Wildman–Crippen LogP) is 2.46. The van der Waals surface area contributed by atoms with Gasteiger partial charge in [-0.2, -0.15) is 0 Å². The summed E-state index contributed by atoms with van der Waals surface area (Å²) in [5, 5.41) is -0.361. The molecule has 0 N–H and O–H groups in total. The maximum atomic E-state index is 9.21. The van der Waals surface area contributed by atoms with E-state index in [1.54, 1.807) is 0 Å². The van der Waals surface area contributed by atoms with Crippen molar-refractivity contribution in [2.45, 2.75) is 14.4 Å². The highest BCUT2D eigenvalue weighted by atomic mass is 127. The van der Waals surface area contributed by atoms with Gasteiger partial charge in [-0.15, -0.1) is 0 Å². The Morgan fingerprint density at radius 3 is 1.57 bits per heavy atom. The van der Waals surface area contributed by atoms with Gasteiger partial charge >= 0.3 is 0 Å². The molecule has 3 heteroatoms. The van der Waals surface area contributed by atoms with Crippen LogP contribution in [0.25, 0.3) is 0 Å². The van der Waals surface area contributed by atoms with Crippen molar-refractivity contribution >= 4 is 39.4 Å². The van der Waals surface area contributed by atoms with Gasteiger partial charge in [0.25, 0.3) is 0 Å². The molecule has 0 unspecified atom stereocenters. The van der Waals surface area contributed by atoms with E-state index in [9.17, 15) is 4.79 Å². The number of carbonyl (C=O) groups is 1. The third-order valence-corrected chi connectivity index (χ3v) is 0. The molecule has 0 spiro atoms. The first-order valence-electron chi connectivity index (χ1n) is 1.27. The van der Waals surface area contributed by atoms with Crippen LogP contribution in [-0.2, 0) is 4.79 Å². The summed E-state index contributed by atoms with van der Waals surface area (Å²) in [5.41, 5.74) is 0. The monoisotopic (exact) mass is 236 g/mol. The molecule has 0 aromatic heterocycles. The van der Waals surface area contributed by atoms with Gasteiger partial charge in [0, 0.05) is 6.92 Å². The first kappa shape index (κ1) is 15.6. The van der Waals surface area contributed by atoms with Crippen molar-refractivity contribution in [3.8, 4) is 0 Å². The highest BCUT2D eigenvalue weighted by molar-refractivity contribution is 14.1. The van der Waals surface area contributed by atoms with Gasteiger partial charge in [-0.1, -0.05) is 30.0 Å². The van der Waals surface area contributed by atoms with Gasteiger partial charge in [-0.3, -0.25) is 4.79 Å². The molecule has 0 aliphatic carbocycles. The second-order valence-corrected chi connectivity index (χ2v) is 1.00. The van der Waals surface area contributed by atoms with E-state index in [1.807, 2.05) is 4.93 Å². The second-order valence-electron chi connectivity index (χ2n) is 0.470. The number of alkyl halides is 1. The molecular formula is C4H10ClIO. The first-order valence-corrected chi connectivity index (χ1v) is 3.81. The van der Waals surface area contributed by atoms with Gasteiger partial charge in [0.05, 0.1) is 0 Å². The van der Waals surface area contributed by atoms with Crippen molar-refractivity contribution in [2.75, 3.05) is 4.93 Å². The molecule has 7 heavy (non-hydrogen) atoms. The molecule has 0 fully saturated rings. The minimum atomic E-state index is -0.361. The van der Waals surface area contributed by atoms with E-state index in [0.29, 0.717) is 0 Å². The van der Waals surface area contributed by atoms with Crippen LogP contribution in [0.5, 0.6) is 0 Å². The Bertz CT molecular complexity index is 34.7. The molecule has 0 saturated carbocycles. The summed E-state index contributed by atoms with van der Waals surface area (Å²) in [5.74, 6) is 0. The summed E-state index contributed by atoms with van der Waals surface area (Å²) >= 11 is 6.79. The lowest BCUT2D eigenvalue weighted by Crippen LogP contribution is -1.62. The zero-order chi connectivity index (χ0) is 5.58. The number of rotatable bonds is 0. The molecule has 0 rings (SSSR count). The quantitative estimate of drug-likeness (QED) is 0.359. The average Bonchev–Trinajstić information content (AvgIpc) is 1.41. The summed E-state index contributed by atoms with van der Waals surface area (Å²) in [7, 11) is 0. The summed E-state index contributed by atoms with van der Waals surface area (Å²) in [4.78, 5) is 11.2. The first-order chi connectivity index (χ1) is 2.73. The molecule has 0 aliphatic heterocycles. The van der Waals surface area contributed by atoms with E-state index >= 15 is 0 Å². The number of carbonyl (C=O) groups excluding carboxylic acids is 1. The van der Waals surface area contributed by atoms with E-state index in [-0.39, 0.29) is 12.7 Å². The van der Waals surface area contributed by atoms with Crippen molar-refractivity contribution in [2.24, 2.45) is 0 Å². The van der Waals surface area contributed by atoms with Crippen molar-refractivity contribution in [1.29, 1.82) is 0 Å². The van der Waals surface area contributed by atoms with Gasteiger partial charge in [0.15, 0.2) is 0 Å². The SMILES string of the molecule is C.CC(=O)Cl.CI. The van der Waals surface area contributed by atoms with Crippen LogP contribution < -0.4 is 0 Å². The zero-order valence-electron chi connectivity index (χ0n) is 3.66. The van der Waals surface area contributed by atoms with Crippen LogP contribution in [-0.4, -0.2) is 10.2 Å². The standard InChI is InChI=1S/C2H3ClO.CH3I.CH4/c1-2(3)4;1-2;/h1H3;1H3;1H4. The lowest BCUT2D eigenvalue weighted by Gasteiger charge is -1.52. The molecular weight excluding hydrogens is 226 g/mol. The largest absolute Gasteiger partial charge is 0.282 e. The Morgan fingerprint density at radius 2 is 1.57 bits per heavy atom. The predicted molar refractivity (Wildman–Crippen MR) is 43.2 cm³/mol. The highest BCUT2D eigenvalue weighted by Gasteiger charge is 1.67. The Kier molecular flexibility index (Phi) is 35.6. The van der Waals surface area contributed by atoms with E-state index < -0.39 is 0 Å². The van der Waals surface area contributed by atoms with Gasteiger partial charge in [0.1, 0.15) is 0 Å². The number of hydrogen-bond donors (Lipinski definition) is 0. The van der Waals surface area contributed by atoms with Gasteiger partial charge in [-0.05, 0) is 16.5 Å². The average molecular weight is 236 g/mol. The van der Waals surface area contributed by atoms with E-state index in [2.05, 4.69) is 34.2 Å². The molecule has 0 aromatic carbocycles. The molecule has 0 amide bonds. The van der Waals surface area contributed by atoms with E-state index in [1.165, 1.54) is 6.92 Å². The fourth-order valence-electron chi connectivity index (χ4n) is 0. The van der Waals surface area contributed by atoms with Crippen molar-refractivity contribution in [1.82, 2.24) is 0 Å². The minimum Gasteiger partial charge on any atom is -0.282 e. The Labute approximate surface area is 63.6 Å². The maximum Gasteiger partial charge on any atom is 0.218 e. The van der Waals surface area contributed by atoms with Crippen LogP contribution in [0.15, 0.2) is 0 Å². The summed E-state index contributed by atoms with van der Waals surface area (Å²) < 4.78 is 0. The molecule has 0 aliphatic rings. The maximum absolute atomic E-state index is 9.21. The van der Waals surface area contributed by atoms with E-state index in [4.69, 9.17) is 0 Å². The van der Waals surface area contributed by atoms with E-state index in [0.717, 1.165) is 0 Å². The zero-order valence-corrected chi connectivity index (χ0v) is 6.58. The Morgan fingerprint density at radius 1 is 1.57 bits per heavy atom. The molecule has 0 aromatic rings. The molecule has 0 bridgehead atoms. The summed E-state index contributed by atoms with van der Waals surface area (Å²) in [6.07, 6.45) is 0. The van der Waals surface area contributed by atoms with Crippen LogP contribution in [0.2, 0.25) is 0 Å². The van der Waals surface area contributed by atoms with Crippen LogP contribution >= 0.6 is 34.2 Å². The number of halogens is 2. The third kappa shape index (κ3) is 309. The van der Waals surface area contributed by atoms with Crippen LogP contribution in [0.4, 0.5) is 0 Å². The Hall–Kier alpha value is 0.690. The van der Waals surface area contributed by atoms with Gasteiger partial charge in [-0.25, -0.2) is 0 Å². The lowest BCUT2D eigenvalue weighted by atomic mass is 10.9. The smallest absolute Gasteiger partial charge is 0.218 e. The van der Waals surface area contributed by atoms with Crippen LogP contribution in [0.1, 0.15) is 14.4 Å². The van der Waals surface area contributed by atoms with Crippen molar-refractivity contribution in [3.63, 3.8) is 0 Å². The summed E-state index contributed by atoms with van der Waals surface area (Å²) in [6.45, 7) is 1.29. The second kappa shape index (κ2) is 15.9. The normalized spacial score (nSPS) is 4.57. The number of hydrogen-bond acceptors (Lipinski definition) is 1. The molecule has 0 atom stereocenters. The molecule has 0 radical (unpaired) electrons.